The Morgan fingerprint density at radius 3 is 2.44 bits per heavy atom. The third-order valence-corrected chi connectivity index (χ3v) is 2.55. The molecule has 2 aromatic carbocycles. The summed E-state index contributed by atoms with van der Waals surface area (Å²) in [6.07, 6.45) is 0. The van der Waals surface area contributed by atoms with Crippen molar-refractivity contribution in [2.75, 3.05) is 11.5 Å². The fourth-order valence-electron chi connectivity index (χ4n) is 1.42. The molecule has 0 saturated heterocycles. The number of anilines is 2. The molecule has 0 unspecified atom stereocenters. The predicted molar refractivity (Wildman–Crippen MR) is 71.7 cm³/mol. The Bertz CT molecular complexity index is 500. The first kappa shape index (κ1) is 13.4. The molecule has 0 fully saturated rings. The number of benzene rings is 2. The number of hydrogen-bond donors (Lipinski definition) is 2. The molecule has 2 aromatic rings. The third-order valence-electron chi connectivity index (χ3n) is 2.20. The van der Waals surface area contributed by atoms with Gasteiger partial charge in [0.25, 0.3) is 0 Å². The van der Waals surface area contributed by atoms with Gasteiger partial charge in [0.05, 0.1) is 10.7 Å². The van der Waals surface area contributed by atoms with Gasteiger partial charge in [0, 0.05) is 11.3 Å². The second-order valence-corrected chi connectivity index (χ2v) is 3.66. The molecular weight excluding hydrogens is 231 g/mol. The summed E-state index contributed by atoms with van der Waals surface area (Å²) in [7, 11) is 0. The van der Waals surface area contributed by atoms with Gasteiger partial charge in [-0.1, -0.05) is 29.8 Å². The first-order valence-corrected chi connectivity index (χ1v) is 4.87. The van der Waals surface area contributed by atoms with E-state index in [1.165, 1.54) is 0 Å². The topological polar surface area (TPSA) is 52.0 Å². The summed E-state index contributed by atoms with van der Waals surface area (Å²) in [5.74, 6) is 0. The van der Waals surface area contributed by atoms with Gasteiger partial charge in [0.1, 0.15) is 0 Å². The van der Waals surface area contributed by atoms with Crippen molar-refractivity contribution >= 4 is 52.5 Å². The van der Waals surface area contributed by atoms with Crippen LogP contribution in [0.2, 0.25) is 5.02 Å². The van der Waals surface area contributed by atoms with E-state index < -0.39 is 0 Å². The summed E-state index contributed by atoms with van der Waals surface area (Å²) in [5, 5.41) is 0.555. The van der Waals surface area contributed by atoms with Gasteiger partial charge in [0.15, 0.2) is 0 Å². The average Bonchev–Trinajstić information content (AvgIpc) is 2.23. The standard InChI is InChI=1S/C12H10ClN2.Na.H/c13-10-6-5-8(7-12(10)15)9-3-1-2-4-11(9)14;;/h1,3-7H,14-15H2;;. The van der Waals surface area contributed by atoms with E-state index >= 15 is 0 Å². The van der Waals surface area contributed by atoms with Crippen LogP contribution < -0.4 is 11.5 Å². The van der Waals surface area contributed by atoms with Gasteiger partial charge >= 0.3 is 29.6 Å². The zero-order chi connectivity index (χ0) is 10.8. The van der Waals surface area contributed by atoms with Crippen LogP contribution in [0.4, 0.5) is 11.4 Å². The number of nitrogens with two attached hydrogens (primary N) is 2. The number of rotatable bonds is 1. The first-order chi connectivity index (χ1) is 7.18. The predicted octanol–water partition coefficient (Wildman–Crippen LogP) is 2.32. The molecule has 0 atom stereocenters. The SMILES string of the molecule is Nc1cc(-c2cc[c]cc2N)ccc1Cl.[NaH]. The van der Waals surface area contributed by atoms with Gasteiger partial charge in [-0.25, -0.2) is 0 Å². The van der Waals surface area contributed by atoms with Crippen molar-refractivity contribution in [3.63, 3.8) is 0 Å². The molecule has 0 saturated carbocycles. The molecule has 0 bridgehead atoms. The van der Waals surface area contributed by atoms with Gasteiger partial charge in [-0.2, -0.15) is 0 Å². The normalized spacial score (nSPS) is 9.56. The Morgan fingerprint density at radius 1 is 1.06 bits per heavy atom. The summed E-state index contributed by atoms with van der Waals surface area (Å²) in [6, 6.07) is 13.8. The quantitative estimate of drug-likeness (QED) is 0.595. The fraction of sp³-hybridized carbons (Fsp3) is 0. The van der Waals surface area contributed by atoms with E-state index in [9.17, 15) is 0 Å². The number of nitrogen functional groups attached to an aromatic ring is 2. The Balaban J connectivity index is 0.00000128. The van der Waals surface area contributed by atoms with Gasteiger partial charge < -0.3 is 11.5 Å². The Kier molecular flexibility index (Phi) is 4.69. The molecule has 4 heteroatoms. The van der Waals surface area contributed by atoms with Gasteiger partial charge in [-0.15, -0.1) is 0 Å². The zero-order valence-electron chi connectivity index (χ0n) is 8.00. The minimum absolute atomic E-state index is 0. The molecular formula is C12H11ClN2Na. The van der Waals surface area contributed by atoms with E-state index in [0.29, 0.717) is 16.4 Å². The zero-order valence-corrected chi connectivity index (χ0v) is 8.75. The second kappa shape index (κ2) is 5.60. The van der Waals surface area contributed by atoms with Crippen molar-refractivity contribution < 1.29 is 0 Å². The second-order valence-electron chi connectivity index (χ2n) is 3.25. The van der Waals surface area contributed by atoms with Crippen LogP contribution >= 0.6 is 11.6 Å². The molecule has 0 spiro atoms. The Morgan fingerprint density at radius 2 is 1.81 bits per heavy atom. The van der Waals surface area contributed by atoms with Crippen LogP contribution in [0.15, 0.2) is 36.4 Å². The van der Waals surface area contributed by atoms with Crippen molar-refractivity contribution in [2.45, 2.75) is 0 Å². The number of halogens is 1. The molecule has 2 nitrogen and oxygen atoms in total. The van der Waals surface area contributed by atoms with Crippen LogP contribution in [0.3, 0.4) is 0 Å². The van der Waals surface area contributed by atoms with Crippen molar-refractivity contribution in [2.24, 2.45) is 0 Å². The van der Waals surface area contributed by atoms with E-state index in [2.05, 4.69) is 6.07 Å². The van der Waals surface area contributed by atoms with E-state index in [1.54, 1.807) is 12.1 Å². The van der Waals surface area contributed by atoms with E-state index in [0.717, 1.165) is 11.1 Å². The monoisotopic (exact) mass is 241 g/mol. The molecule has 0 amide bonds. The summed E-state index contributed by atoms with van der Waals surface area (Å²) < 4.78 is 0. The van der Waals surface area contributed by atoms with Gasteiger partial charge in [-0.3, -0.25) is 0 Å². The molecule has 4 N–H and O–H groups in total. The van der Waals surface area contributed by atoms with Crippen LogP contribution in [0.1, 0.15) is 0 Å². The van der Waals surface area contributed by atoms with E-state index in [4.69, 9.17) is 23.1 Å². The van der Waals surface area contributed by atoms with Crippen molar-refractivity contribution in [3.05, 3.63) is 47.5 Å². The fourth-order valence-corrected chi connectivity index (χ4v) is 1.54. The number of hydrogen-bond acceptors (Lipinski definition) is 2. The molecule has 16 heavy (non-hydrogen) atoms. The minimum atomic E-state index is 0. The van der Waals surface area contributed by atoms with Crippen molar-refractivity contribution in [1.82, 2.24) is 0 Å². The van der Waals surface area contributed by atoms with Crippen molar-refractivity contribution in [1.29, 1.82) is 0 Å². The summed E-state index contributed by atoms with van der Waals surface area (Å²) in [5.41, 5.74) is 14.7. The molecule has 0 aliphatic carbocycles. The van der Waals surface area contributed by atoms with E-state index in [1.807, 2.05) is 24.3 Å². The van der Waals surface area contributed by atoms with Crippen LogP contribution in [-0.2, 0) is 0 Å². The first-order valence-electron chi connectivity index (χ1n) is 4.49. The molecule has 1 radical (unpaired) electrons. The van der Waals surface area contributed by atoms with Crippen LogP contribution in [-0.4, -0.2) is 29.6 Å². The van der Waals surface area contributed by atoms with Gasteiger partial charge in [-0.05, 0) is 29.8 Å². The molecule has 0 heterocycles. The average molecular weight is 242 g/mol. The Labute approximate surface area is 122 Å². The maximum absolute atomic E-state index is 5.85. The van der Waals surface area contributed by atoms with Crippen LogP contribution in [0.25, 0.3) is 11.1 Å². The summed E-state index contributed by atoms with van der Waals surface area (Å²) >= 11 is 5.85. The molecule has 0 aromatic heterocycles. The maximum atomic E-state index is 5.85. The van der Waals surface area contributed by atoms with Crippen LogP contribution in [0, 0.1) is 6.07 Å². The molecule has 0 aliphatic rings. The molecule has 0 aliphatic heterocycles. The van der Waals surface area contributed by atoms with Gasteiger partial charge in [0.2, 0.25) is 0 Å². The van der Waals surface area contributed by atoms with E-state index in [-0.39, 0.29) is 29.6 Å². The Hall–Kier alpha value is -0.670. The van der Waals surface area contributed by atoms with Crippen LogP contribution in [0.5, 0.6) is 0 Å². The third kappa shape index (κ3) is 2.71. The molecule has 77 valence electrons. The molecule has 2 rings (SSSR count). The summed E-state index contributed by atoms with van der Waals surface area (Å²) in [4.78, 5) is 0. The summed E-state index contributed by atoms with van der Waals surface area (Å²) in [6.45, 7) is 0. The van der Waals surface area contributed by atoms with Crippen molar-refractivity contribution in [3.8, 4) is 11.1 Å².